The number of nitrogens with zero attached hydrogens (tertiary/aromatic N) is 1. The molecule has 0 radical (unpaired) electrons. The summed E-state index contributed by atoms with van der Waals surface area (Å²) in [6.45, 7) is 3.66. The van der Waals surface area contributed by atoms with Crippen LogP contribution in [0.4, 0.5) is 0 Å². The van der Waals surface area contributed by atoms with Crippen LogP contribution in [0.1, 0.15) is 21.7 Å². The highest BCUT2D eigenvalue weighted by Gasteiger charge is 2.13. The third-order valence-electron chi connectivity index (χ3n) is 3.00. The minimum Gasteiger partial charge on any atom is -0.318 e. The van der Waals surface area contributed by atoms with Crippen molar-refractivity contribution in [3.05, 3.63) is 47.3 Å². The van der Waals surface area contributed by atoms with E-state index in [1.807, 2.05) is 11.5 Å². The molecule has 2 rings (SSSR count). The summed E-state index contributed by atoms with van der Waals surface area (Å²) in [7, 11) is -3.74. The Morgan fingerprint density at radius 3 is 2.42 bits per heavy atom. The molecule has 0 unspecified atom stereocenters. The Balaban J connectivity index is 2.67. The van der Waals surface area contributed by atoms with Crippen molar-refractivity contribution in [1.29, 1.82) is 0 Å². The van der Waals surface area contributed by atoms with Gasteiger partial charge in [-0.15, -0.1) is 0 Å². The first-order valence-corrected chi connectivity index (χ1v) is 7.16. The highest BCUT2D eigenvalue weighted by atomic mass is 32.2. The zero-order valence-electron chi connectivity index (χ0n) is 10.6. The first kappa shape index (κ1) is 13.5. The van der Waals surface area contributed by atoms with Crippen LogP contribution < -0.4 is 5.14 Å². The van der Waals surface area contributed by atoms with Gasteiger partial charge in [0.25, 0.3) is 0 Å². The van der Waals surface area contributed by atoms with Gasteiger partial charge in [-0.1, -0.05) is 6.07 Å². The van der Waals surface area contributed by atoms with E-state index in [2.05, 4.69) is 0 Å². The third-order valence-corrected chi connectivity index (χ3v) is 3.91. The predicted molar refractivity (Wildman–Crippen MR) is 72.0 cm³/mol. The molecule has 0 aliphatic heterocycles. The molecule has 0 fully saturated rings. The van der Waals surface area contributed by atoms with Gasteiger partial charge in [0.05, 0.1) is 4.90 Å². The maximum absolute atomic E-state index is 11.4. The number of hydrogen-bond acceptors (Lipinski definition) is 3. The number of aromatic nitrogens is 1. The number of sulfonamides is 1. The lowest BCUT2D eigenvalue weighted by Crippen LogP contribution is -2.12. The molecule has 5 nitrogen and oxygen atoms in total. The van der Waals surface area contributed by atoms with Gasteiger partial charge in [-0.2, -0.15) is 0 Å². The van der Waals surface area contributed by atoms with E-state index in [0.717, 1.165) is 17.7 Å². The molecule has 100 valence electrons. The maximum atomic E-state index is 11.4. The molecular formula is C13H14N2O3S. The summed E-state index contributed by atoms with van der Waals surface area (Å²) in [5, 5.41) is 5.12. The molecule has 0 saturated heterocycles. The molecule has 0 amide bonds. The van der Waals surface area contributed by atoms with Gasteiger partial charge in [0.15, 0.2) is 6.29 Å². The lowest BCUT2D eigenvalue weighted by Gasteiger charge is -2.10. The molecule has 0 aliphatic carbocycles. The number of hydrogen-bond donors (Lipinski definition) is 1. The van der Waals surface area contributed by atoms with Gasteiger partial charge in [-0.3, -0.25) is 4.79 Å². The predicted octanol–water partition coefficient (Wildman–Crippen LogP) is 1.55. The SMILES string of the molecule is Cc1cc(C=O)c(C)n1-c1cccc(S(N)(=O)=O)c1. The molecule has 1 aromatic carbocycles. The highest BCUT2D eigenvalue weighted by Crippen LogP contribution is 2.21. The van der Waals surface area contributed by atoms with Crippen LogP contribution in [0.25, 0.3) is 5.69 Å². The fourth-order valence-corrected chi connectivity index (χ4v) is 2.66. The molecule has 2 N–H and O–H groups in total. The number of nitrogens with two attached hydrogens (primary N) is 1. The van der Waals surface area contributed by atoms with E-state index < -0.39 is 10.0 Å². The maximum Gasteiger partial charge on any atom is 0.238 e. The van der Waals surface area contributed by atoms with Crippen LogP contribution in [0.15, 0.2) is 35.2 Å². The van der Waals surface area contributed by atoms with Gasteiger partial charge >= 0.3 is 0 Å². The molecule has 1 heterocycles. The fourth-order valence-electron chi connectivity index (χ4n) is 2.10. The van der Waals surface area contributed by atoms with Crippen molar-refractivity contribution >= 4 is 16.3 Å². The van der Waals surface area contributed by atoms with Gasteiger partial charge in [0, 0.05) is 22.6 Å². The molecule has 1 aromatic heterocycles. The van der Waals surface area contributed by atoms with E-state index in [0.29, 0.717) is 11.3 Å². The average molecular weight is 278 g/mol. The Labute approximate surface area is 111 Å². The number of aldehydes is 1. The van der Waals surface area contributed by atoms with Gasteiger partial charge in [-0.05, 0) is 38.1 Å². The van der Waals surface area contributed by atoms with Gasteiger partial charge < -0.3 is 4.57 Å². The van der Waals surface area contributed by atoms with Crippen LogP contribution in [0.5, 0.6) is 0 Å². The van der Waals surface area contributed by atoms with Gasteiger partial charge in [0.2, 0.25) is 10.0 Å². The number of carbonyl (C=O) groups is 1. The van der Waals surface area contributed by atoms with E-state index in [4.69, 9.17) is 5.14 Å². The van der Waals surface area contributed by atoms with Crippen LogP contribution in [-0.2, 0) is 10.0 Å². The number of aryl methyl sites for hydroxylation is 1. The van der Waals surface area contributed by atoms with Gasteiger partial charge in [0.1, 0.15) is 0 Å². The zero-order chi connectivity index (χ0) is 14.2. The minimum atomic E-state index is -3.74. The molecule has 0 atom stereocenters. The minimum absolute atomic E-state index is 0.0464. The summed E-state index contributed by atoms with van der Waals surface area (Å²) < 4.78 is 24.5. The second-order valence-corrected chi connectivity index (χ2v) is 5.88. The lowest BCUT2D eigenvalue weighted by atomic mass is 10.2. The second kappa shape index (κ2) is 4.64. The lowest BCUT2D eigenvalue weighted by molar-refractivity contribution is 0.112. The largest absolute Gasteiger partial charge is 0.318 e. The Morgan fingerprint density at radius 2 is 1.89 bits per heavy atom. The first-order chi connectivity index (χ1) is 8.84. The van der Waals surface area contributed by atoms with E-state index in [1.54, 1.807) is 25.1 Å². The summed E-state index contributed by atoms with van der Waals surface area (Å²) in [4.78, 5) is 11.0. The monoisotopic (exact) mass is 278 g/mol. The van der Waals surface area contributed by atoms with E-state index in [9.17, 15) is 13.2 Å². The highest BCUT2D eigenvalue weighted by molar-refractivity contribution is 7.89. The summed E-state index contributed by atoms with van der Waals surface area (Å²) in [6, 6.07) is 8.07. The molecular weight excluding hydrogens is 264 g/mol. The number of benzene rings is 1. The van der Waals surface area contributed by atoms with Crippen molar-refractivity contribution in [2.24, 2.45) is 5.14 Å². The third kappa shape index (κ3) is 2.45. The van der Waals surface area contributed by atoms with Crippen LogP contribution in [0.3, 0.4) is 0 Å². The van der Waals surface area contributed by atoms with Crippen molar-refractivity contribution < 1.29 is 13.2 Å². The molecule has 6 heteroatoms. The Kier molecular flexibility index (Phi) is 3.30. The van der Waals surface area contributed by atoms with E-state index >= 15 is 0 Å². The fraction of sp³-hybridized carbons (Fsp3) is 0.154. The molecule has 0 bridgehead atoms. The van der Waals surface area contributed by atoms with E-state index in [-0.39, 0.29) is 4.90 Å². The zero-order valence-corrected chi connectivity index (χ0v) is 11.4. The van der Waals surface area contributed by atoms with Crippen LogP contribution in [0.2, 0.25) is 0 Å². The summed E-state index contributed by atoms with van der Waals surface area (Å²) in [5.41, 5.74) is 2.86. The van der Waals surface area contributed by atoms with Crippen LogP contribution in [0, 0.1) is 13.8 Å². The smallest absolute Gasteiger partial charge is 0.238 e. The van der Waals surface area contributed by atoms with Crippen molar-refractivity contribution in [3.8, 4) is 5.69 Å². The van der Waals surface area contributed by atoms with E-state index in [1.165, 1.54) is 12.1 Å². The molecule has 2 aromatic rings. The molecule has 0 spiro atoms. The molecule has 19 heavy (non-hydrogen) atoms. The second-order valence-electron chi connectivity index (χ2n) is 4.32. The number of primary sulfonamides is 1. The number of rotatable bonds is 3. The molecule has 0 saturated carbocycles. The Hall–Kier alpha value is -1.92. The Morgan fingerprint density at radius 1 is 1.21 bits per heavy atom. The van der Waals surface area contributed by atoms with Crippen molar-refractivity contribution in [3.63, 3.8) is 0 Å². The van der Waals surface area contributed by atoms with Crippen molar-refractivity contribution in [1.82, 2.24) is 4.57 Å². The summed E-state index contributed by atoms with van der Waals surface area (Å²) >= 11 is 0. The van der Waals surface area contributed by atoms with Crippen molar-refractivity contribution in [2.75, 3.05) is 0 Å². The Bertz CT molecular complexity index is 745. The summed E-state index contributed by atoms with van der Waals surface area (Å²) in [5.74, 6) is 0. The quantitative estimate of drug-likeness (QED) is 0.865. The van der Waals surface area contributed by atoms with Crippen LogP contribution >= 0.6 is 0 Å². The van der Waals surface area contributed by atoms with Crippen molar-refractivity contribution in [2.45, 2.75) is 18.7 Å². The average Bonchev–Trinajstić information content (AvgIpc) is 2.63. The van der Waals surface area contributed by atoms with Crippen LogP contribution in [-0.4, -0.2) is 19.3 Å². The van der Waals surface area contributed by atoms with Gasteiger partial charge in [-0.25, -0.2) is 13.6 Å². The molecule has 0 aliphatic rings. The topological polar surface area (TPSA) is 82.2 Å². The standard InChI is InChI=1S/C13H14N2O3S/c1-9-6-11(8-16)10(2)15(9)12-4-3-5-13(7-12)19(14,17)18/h3-8H,1-2H3,(H2,14,17,18). The normalized spacial score (nSPS) is 11.5. The number of carbonyl (C=O) groups excluding carboxylic acids is 1. The summed E-state index contributed by atoms with van der Waals surface area (Å²) in [6.07, 6.45) is 0.780. The first-order valence-electron chi connectivity index (χ1n) is 5.62.